The fourth-order valence-corrected chi connectivity index (χ4v) is 2.42. The summed E-state index contributed by atoms with van der Waals surface area (Å²) < 4.78 is 0. The summed E-state index contributed by atoms with van der Waals surface area (Å²) in [5.74, 6) is 0.131. The van der Waals surface area contributed by atoms with Crippen molar-refractivity contribution in [3.63, 3.8) is 0 Å². The van der Waals surface area contributed by atoms with Crippen LogP contribution in [0, 0.1) is 0 Å². The predicted octanol–water partition coefficient (Wildman–Crippen LogP) is 2.78. The van der Waals surface area contributed by atoms with Crippen LogP contribution in [0.3, 0.4) is 0 Å². The van der Waals surface area contributed by atoms with Crippen LogP contribution in [0.1, 0.15) is 18.2 Å². The van der Waals surface area contributed by atoms with E-state index < -0.39 is 0 Å². The van der Waals surface area contributed by atoms with E-state index in [0.717, 1.165) is 23.4 Å². The highest BCUT2D eigenvalue weighted by Crippen LogP contribution is 2.14. The van der Waals surface area contributed by atoms with E-state index in [9.17, 15) is 4.79 Å². The van der Waals surface area contributed by atoms with Crippen molar-refractivity contribution in [1.29, 1.82) is 0 Å². The van der Waals surface area contributed by atoms with E-state index >= 15 is 0 Å². The van der Waals surface area contributed by atoms with Crippen LogP contribution < -0.4 is 4.90 Å². The summed E-state index contributed by atoms with van der Waals surface area (Å²) in [6.45, 7) is 2.06. The molecule has 0 saturated carbocycles. The molecular weight excluding hydrogens is 286 g/mol. The van der Waals surface area contributed by atoms with E-state index in [1.54, 1.807) is 6.20 Å². The van der Waals surface area contributed by atoms with Crippen molar-refractivity contribution < 1.29 is 4.79 Å². The number of carbonyl (C=O) groups is 1. The molecule has 0 aliphatic carbocycles. The molecule has 4 heteroatoms. The van der Waals surface area contributed by atoms with Gasteiger partial charge in [-0.1, -0.05) is 18.2 Å². The minimum absolute atomic E-state index is 0.124. The van der Waals surface area contributed by atoms with Crippen LogP contribution in [0.2, 0.25) is 0 Å². The Balaban J connectivity index is 1.93. The molecule has 1 amide bonds. The van der Waals surface area contributed by atoms with Gasteiger partial charge < -0.3 is 9.80 Å². The standard InChI is InChI=1S/C19H25N3O/c1-15(13-17-7-5-6-12-20-17)22(4)19(23)14-16-8-10-18(11-9-16)21(2)3/h5-12,15H,13-14H2,1-4H3/t15-/m0/s1. The van der Waals surface area contributed by atoms with Crippen LogP contribution in [0.25, 0.3) is 0 Å². The quantitative estimate of drug-likeness (QED) is 0.823. The molecule has 4 nitrogen and oxygen atoms in total. The molecule has 0 aliphatic rings. The molecule has 1 aromatic carbocycles. The van der Waals surface area contributed by atoms with Gasteiger partial charge in [0, 0.05) is 51.2 Å². The van der Waals surface area contributed by atoms with Crippen molar-refractivity contribution >= 4 is 11.6 Å². The number of likely N-dealkylation sites (N-methyl/N-ethyl adjacent to an activating group) is 1. The van der Waals surface area contributed by atoms with Gasteiger partial charge in [0.1, 0.15) is 0 Å². The van der Waals surface area contributed by atoms with Gasteiger partial charge in [0.05, 0.1) is 6.42 Å². The fraction of sp³-hybridized carbons (Fsp3) is 0.368. The fourth-order valence-electron chi connectivity index (χ4n) is 2.42. The summed E-state index contributed by atoms with van der Waals surface area (Å²) in [5.41, 5.74) is 3.19. The van der Waals surface area contributed by atoms with Crippen molar-refractivity contribution in [2.45, 2.75) is 25.8 Å². The van der Waals surface area contributed by atoms with Gasteiger partial charge in [-0.15, -0.1) is 0 Å². The lowest BCUT2D eigenvalue weighted by molar-refractivity contribution is -0.130. The van der Waals surface area contributed by atoms with Crippen molar-refractivity contribution in [1.82, 2.24) is 9.88 Å². The molecule has 0 spiro atoms. The van der Waals surface area contributed by atoms with Gasteiger partial charge in [0.2, 0.25) is 5.91 Å². The number of hydrogen-bond donors (Lipinski definition) is 0. The number of rotatable bonds is 6. The Labute approximate surface area is 138 Å². The normalized spacial score (nSPS) is 11.8. The third kappa shape index (κ3) is 4.81. The highest BCUT2D eigenvalue weighted by Gasteiger charge is 2.17. The van der Waals surface area contributed by atoms with Gasteiger partial charge in [-0.3, -0.25) is 9.78 Å². The summed E-state index contributed by atoms with van der Waals surface area (Å²) in [7, 11) is 5.88. The first-order valence-electron chi connectivity index (χ1n) is 7.89. The number of hydrogen-bond acceptors (Lipinski definition) is 3. The molecule has 0 aliphatic heterocycles. The van der Waals surface area contributed by atoms with Gasteiger partial charge in [-0.2, -0.15) is 0 Å². The highest BCUT2D eigenvalue weighted by atomic mass is 16.2. The van der Waals surface area contributed by atoms with Gasteiger partial charge in [0.15, 0.2) is 0 Å². The molecule has 23 heavy (non-hydrogen) atoms. The Morgan fingerprint density at radius 2 is 1.78 bits per heavy atom. The van der Waals surface area contributed by atoms with Gasteiger partial charge >= 0.3 is 0 Å². The molecule has 0 fully saturated rings. The van der Waals surface area contributed by atoms with E-state index in [1.165, 1.54) is 0 Å². The molecular formula is C19H25N3O. The van der Waals surface area contributed by atoms with Crippen LogP contribution in [0.5, 0.6) is 0 Å². The lowest BCUT2D eigenvalue weighted by atomic mass is 10.1. The first-order chi connectivity index (χ1) is 11.0. The molecule has 0 N–H and O–H groups in total. The zero-order valence-corrected chi connectivity index (χ0v) is 14.4. The molecule has 0 unspecified atom stereocenters. The van der Waals surface area contributed by atoms with Gasteiger partial charge in [0.25, 0.3) is 0 Å². The summed E-state index contributed by atoms with van der Waals surface area (Å²) in [6.07, 6.45) is 2.98. The Morgan fingerprint density at radius 1 is 1.09 bits per heavy atom. The van der Waals surface area contributed by atoms with E-state index in [1.807, 2.05) is 73.4 Å². The van der Waals surface area contributed by atoms with Crippen molar-refractivity contribution in [2.75, 3.05) is 26.0 Å². The summed E-state index contributed by atoms with van der Waals surface area (Å²) in [4.78, 5) is 20.6. The number of benzene rings is 1. The monoisotopic (exact) mass is 311 g/mol. The van der Waals surface area contributed by atoms with Gasteiger partial charge in [-0.25, -0.2) is 0 Å². The Morgan fingerprint density at radius 3 is 2.35 bits per heavy atom. The molecule has 2 aromatic rings. The topological polar surface area (TPSA) is 36.4 Å². The maximum Gasteiger partial charge on any atom is 0.226 e. The van der Waals surface area contributed by atoms with Crippen LogP contribution in [0.15, 0.2) is 48.7 Å². The van der Waals surface area contributed by atoms with Crippen molar-refractivity contribution in [3.05, 3.63) is 59.9 Å². The van der Waals surface area contributed by atoms with Crippen molar-refractivity contribution in [2.24, 2.45) is 0 Å². The van der Waals surface area contributed by atoms with Crippen molar-refractivity contribution in [3.8, 4) is 0 Å². The number of pyridine rings is 1. The number of anilines is 1. The molecule has 0 saturated heterocycles. The minimum atomic E-state index is 0.124. The average molecular weight is 311 g/mol. The summed E-state index contributed by atoms with van der Waals surface area (Å²) in [5, 5.41) is 0. The van der Waals surface area contributed by atoms with E-state index in [-0.39, 0.29) is 11.9 Å². The predicted molar refractivity (Wildman–Crippen MR) is 94.6 cm³/mol. The first-order valence-corrected chi connectivity index (χ1v) is 7.89. The van der Waals surface area contributed by atoms with Gasteiger partial charge in [-0.05, 0) is 36.8 Å². The van der Waals surface area contributed by atoms with Crippen LogP contribution >= 0.6 is 0 Å². The van der Waals surface area contributed by atoms with E-state index in [4.69, 9.17) is 0 Å². The lowest BCUT2D eigenvalue weighted by Crippen LogP contribution is -2.37. The third-order valence-electron chi connectivity index (χ3n) is 4.09. The number of aromatic nitrogens is 1. The first kappa shape index (κ1) is 17.0. The average Bonchev–Trinajstić information content (AvgIpc) is 2.55. The smallest absolute Gasteiger partial charge is 0.226 e. The van der Waals surface area contributed by atoms with Crippen LogP contribution in [-0.4, -0.2) is 43.0 Å². The molecule has 122 valence electrons. The third-order valence-corrected chi connectivity index (χ3v) is 4.09. The molecule has 1 aromatic heterocycles. The number of nitrogens with zero attached hydrogens (tertiary/aromatic N) is 3. The zero-order valence-electron chi connectivity index (χ0n) is 14.4. The lowest BCUT2D eigenvalue weighted by Gasteiger charge is -2.25. The zero-order chi connectivity index (χ0) is 16.8. The second-order valence-electron chi connectivity index (χ2n) is 6.12. The second kappa shape index (κ2) is 7.77. The number of carbonyl (C=O) groups excluding carboxylic acids is 1. The largest absolute Gasteiger partial charge is 0.378 e. The maximum absolute atomic E-state index is 12.5. The van der Waals surface area contributed by atoms with Crippen LogP contribution in [0.4, 0.5) is 5.69 Å². The van der Waals surface area contributed by atoms with Crippen LogP contribution in [-0.2, 0) is 17.6 Å². The van der Waals surface area contributed by atoms with E-state index in [2.05, 4.69) is 11.9 Å². The Hall–Kier alpha value is -2.36. The highest BCUT2D eigenvalue weighted by molar-refractivity contribution is 5.79. The Kier molecular flexibility index (Phi) is 5.74. The maximum atomic E-state index is 12.5. The summed E-state index contributed by atoms with van der Waals surface area (Å²) in [6, 6.07) is 14.1. The number of amides is 1. The molecule has 1 heterocycles. The molecule has 0 bridgehead atoms. The minimum Gasteiger partial charge on any atom is -0.378 e. The summed E-state index contributed by atoms with van der Waals surface area (Å²) >= 11 is 0. The Bertz CT molecular complexity index is 623. The molecule has 0 radical (unpaired) electrons. The second-order valence-corrected chi connectivity index (χ2v) is 6.12. The SMILES string of the molecule is C[C@@H](Cc1ccccn1)N(C)C(=O)Cc1ccc(N(C)C)cc1. The molecule has 2 rings (SSSR count). The molecule has 1 atom stereocenters. The van der Waals surface area contributed by atoms with E-state index in [0.29, 0.717) is 6.42 Å².